The molecule has 2 aromatic heterocycles. The molecule has 0 unspecified atom stereocenters. The molecule has 6 heteroatoms. The number of ether oxygens (including phenoxy) is 1. The second-order valence-electron chi connectivity index (χ2n) is 6.23. The molecule has 128 valence electrons. The lowest BCUT2D eigenvalue weighted by Gasteiger charge is -2.34. The fourth-order valence-electron chi connectivity index (χ4n) is 3.34. The number of nitrogens with zero attached hydrogens (tertiary/aromatic N) is 4. The number of likely N-dealkylation sites (tertiary alicyclic amines) is 1. The molecule has 4 rings (SSSR count). The SMILES string of the molecule is O=C(OCc1ccccc1)N1CCCC[C@H]1c1ncc2cnccn12. The second kappa shape index (κ2) is 6.93. The van der Waals surface area contributed by atoms with Gasteiger partial charge in [-0.3, -0.25) is 14.3 Å². The molecular formula is C19H20N4O2. The molecule has 25 heavy (non-hydrogen) atoms. The monoisotopic (exact) mass is 336 g/mol. The molecule has 0 aliphatic carbocycles. The first-order chi connectivity index (χ1) is 12.3. The van der Waals surface area contributed by atoms with E-state index in [2.05, 4.69) is 9.97 Å². The zero-order chi connectivity index (χ0) is 17.1. The topological polar surface area (TPSA) is 59.7 Å². The number of aromatic nitrogens is 3. The van der Waals surface area contributed by atoms with E-state index in [1.807, 2.05) is 45.8 Å². The number of rotatable bonds is 3. The van der Waals surface area contributed by atoms with E-state index < -0.39 is 0 Å². The Morgan fingerprint density at radius 2 is 2.08 bits per heavy atom. The molecule has 0 radical (unpaired) electrons. The zero-order valence-corrected chi connectivity index (χ0v) is 13.9. The normalized spacial score (nSPS) is 17.6. The Morgan fingerprint density at radius 3 is 2.96 bits per heavy atom. The van der Waals surface area contributed by atoms with Crippen molar-refractivity contribution in [3.05, 3.63) is 66.5 Å². The summed E-state index contributed by atoms with van der Waals surface area (Å²) in [6.07, 6.45) is 9.87. The number of benzene rings is 1. The van der Waals surface area contributed by atoms with Crippen molar-refractivity contribution >= 4 is 11.6 Å². The van der Waals surface area contributed by atoms with Crippen LogP contribution in [0.5, 0.6) is 0 Å². The summed E-state index contributed by atoms with van der Waals surface area (Å²) in [4.78, 5) is 23.1. The fraction of sp³-hybridized carbons (Fsp3) is 0.316. The van der Waals surface area contributed by atoms with Gasteiger partial charge in [-0.2, -0.15) is 0 Å². The third kappa shape index (κ3) is 3.20. The van der Waals surface area contributed by atoms with E-state index in [1.54, 1.807) is 18.6 Å². The molecule has 0 bridgehead atoms. The quantitative estimate of drug-likeness (QED) is 0.733. The van der Waals surface area contributed by atoms with Crippen LogP contribution in [0.15, 0.2) is 55.1 Å². The maximum Gasteiger partial charge on any atom is 0.410 e. The largest absolute Gasteiger partial charge is 0.445 e. The summed E-state index contributed by atoms with van der Waals surface area (Å²) in [5.41, 5.74) is 1.92. The number of hydrogen-bond acceptors (Lipinski definition) is 4. The van der Waals surface area contributed by atoms with Crippen LogP contribution in [0.4, 0.5) is 4.79 Å². The van der Waals surface area contributed by atoms with Crippen LogP contribution >= 0.6 is 0 Å². The van der Waals surface area contributed by atoms with Crippen molar-refractivity contribution in [1.29, 1.82) is 0 Å². The minimum atomic E-state index is -0.278. The average Bonchev–Trinajstić information content (AvgIpc) is 3.11. The van der Waals surface area contributed by atoms with Crippen LogP contribution in [0.3, 0.4) is 0 Å². The zero-order valence-electron chi connectivity index (χ0n) is 13.9. The Balaban J connectivity index is 1.53. The number of carbonyl (C=O) groups excluding carboxylic acids is 1. The predicted octanol–water partition coefficient (Wildman–Crippen LogP) is 3.59. The first kappa shape index (κ1) is 15.6. The number of hydrogen-bond donors (Lipinski definition) is 0. The van der Waals surface area contributed by atoms with Crippen molar-refractivity contribution in [2.45, 2.75) is 31.9 Å². The molecular weight excluding hydrogens is 316 g/mol. The first-order valence-electron chi connectivity index (χ1n) is 8.57. The predicted molar refractivity (Wildman–Crippen MR) is 92.9 cm³/mol. The third-order valence-electron chi connectivity index (χ3n) is 4.60. The van der Waals surface area contributed by atoms with E-state index >= 15 is 0 Å². The molecule has 3 aromatic rings. The van der Waals surface area contributed by atoms with Crippen molar-refractivity contribution in [3.8, 4) is 0 Å². The van der Waals surface area contributed by atoms with Crippen LogP contribution in [0.2, 0.25) is 0 Å². The Kier molecular flexibility index (Phi) is 4.33. The van der Waals surface area contributed by atoms with Gasteiger partial charge in [-0.25, -0.2) is 9.78 Å². The maximum absolute atomic E-state index is 12.7. The van der Waals surface area contributed by atoms with Gasteiger partial charge in [0.1, 0.15) is 12.4 Å². The van der Waals surface area contributed by atoms with E-state index in [-0.39, 0.29) is 18.7 Å². The molecule has 1 amide bonds. The molecule has 1 saturated heterocycles. The summed E-state index contributed by atoms with van der Waals surface area (Å²) in [7, 11) is 0. The third-order valence-corrected chi connectivity index (χ3v) is 4.60. The summed E-state index contributed by atoms with van der Waals surface area (Å²) in [5, 5.41) is 0. The number of amides is 1. The lowest BCUT2D eigenvalue weighted by atomic mass is 10.0. The fourth-order valence-corrected chi connectivity index (χ4v) is 3.34. The van der Waals surface area contributed by atoms with Crippen molar-refractivity contribution in [2.24, 2.45) is 0 Å². The number of imidazole rings is 1. The van der Waals surface area contributed by atoms with Gasteiger partial charge in [0.2, 0.25) is 0 Å². The van der Waals surface area contributed by atoms with Crippen LogP contribution in [-0.4, -0.2) is 31.9 Å². The molecule has 0 saturated carbocycles. The summed E-state index contributed by atoms with van der Waals surface area (Å²) >= 11 is 0. The number of carbonyl (C=O) groups is 1. The van der Waals surface area contributed by atoms with E-state index in [1.165, 1.54) is 0 Å². The highest BCUT2D eigenvalue weighted by Gasteiger charge is 2.31. The van der Waals surface area contributed by atoms with E-state index in [4.69, 9.17) is 4.74 Å². The van der Waals surface area contributed by atoms with Gasteiger partial charge in [-0.05, 0) is 24.8 Å². The summed E-state index contributed by atoms with van der Waals surface area (Å²) in [5.74, 6) is 0.869. The van der Waals surface area contributed by atoms with Gasteiger partial charge in [0.25, 0.3) is 0 Å². The molecule has 0 spiro atoms. The van der Waals surface area contributed by atoms with Gasteiger partial charge >= 0.3 is 6.09 Å². The maximum atomic E-state index is 12.7. The van der Waals surface area contributed by atoms with Gasteiger partial charge in [0.15, 0.2) is 0 Å². The van der Waals surface area contributed by atoms with Gasteiger partial charge in [-0.1, -0.05) is 30.3 Å². The van der Waals surface area contributed by atoms with Crippen molar-refractivity contribution < 1.29 is 9.53 Å². The Hall–Kier alpha value is -2.89. The molecule has 3 heterocycles. The highest BCUT2D eigenvalue weighted by atomic mass is 16.6. The lowest BCUT2D eigenvalue weighted by Crippen LogP contribution is -2.39. The summed E-state index contributed by atoms with van der Waals surface area (Å²) in [6.45, 7) is 0.980. The van der Waals surface area contributed by atoms with Crippen LogP contribution in [-0.2, 0) is 11.3 Å². The molecule has 0 N–H and O–H groups in total. The summed E-state index contributed by atoms with van der Waals surface area (Å²) in [6, 6.07) is 9.67. The molecule has 1 aliphatic rings. The highest BCUT2D eigenvalue weighted by Crippen LogP contribution is 2.31. The van der Waals surface area contributed by atoms with Gasteiger partial charge in [-0.15, -0.1) is 0 Å². The molecule has 1 atom stereocenters. The van der Waals surface area contributed by atoms with Crippen molar-refractivity contribution in [1.82, 2.24) is 19.3 Å². The lowest BCUT2D eigenvalue weighted by molar-refractivity contribution is 0.0657. The van der Waals surface area contributed by atoms with Crippen LogP contribution in [0.25, 0.3) is 5.52 Å². The van der Waals surface area contributed by atoms with E-state index in [9.17, 15) is 4.79 Å². The minimum Gasteiger partial charge on any atom is -0.445 e. The smallest absolute Gasteiger partial charge is 0.410 e. The van der Waals surface area contributed by atoms with E-state index in [0.717, 1.165) is 36.2 Å². The van der Waals surface area contributed by atoms with Crippen molar-refractivity contribution in [3.63, 3.8) is 0 Å². The molecule has 6 nitrogen and oxygen atoms in total. The average molecular weight is 336 g/mol. The first-order valence-corrected chi connectivity index (χ1v) is 8.57. The Morgan fingerprint density at radius 1 is 1.20 bits per heavy atom. The Labute approximate surface area is 146 Å². The highest BCUT2D eigenvalue weighted by molar-refractivity contribution is 5.68. The number of piperidine rings is 1. The number of fused-ring (bicyclic) bond motifs is 1. The Bertz CT molecular complexity index is 862. The molecule has 1 aliphatic heterocycles. The van der Waals surface area contributed by atoms with Gasteiger partial charge in [0.05, 0.1) is 24.0 Å². The van der Waals surface area contributed by atoms with Gasteiger partial charge < -0.3 is 4.74 Å². The second-order valence-corrected chi connectivity index (χ2v) is 6.23. The minimum absolute atomic E-state index is 0.0677. The standard InChI is InChI=1S/C19H20N4O2/c24-19(25-14-15-6-2-1-3-7-15)23-10-5-4-8-17(23)18-21-13-16-12-20-9-11-22(16)18/h1-3,6-7,9,11-13,17H,4-5,8,10,14H2/t17-/m0/s1. The van der Waals surface area contributed by atoms with Crippen LogP contribution in [0.1, 0.15) is 36.7 Å². The van der Waals surface area contributed by atoms with Crippen molar-refractivity contribution in [2.75, 3.05) is 6.54 Å². The van der Waals surface area contributed by atoms with Gasteiger partial charge in [0, 0.05) is 18.9 Å². The molecule has 1 fully saturated rings. The van der Waals surface area contributed by atoms with E-state index in [0.29, 0.717) is 6.54 Å². The van der Waals surface area contributed by atoms with Crippen LogP contribution in [0, 0.1) is 0 Å². The molecule has 1 aromatic carbocycles. The van der Waals surface area contributed by atoms with Crippen LogP contribution < -0.4 is 0 Å². The summed E-state index contributed by atoms with van der Waals surface area (Å²) < 4.78 is 7.55.